The number of aryl methyl sites for hydroxylation is 2. The van der Waals surface area contributed by atoms with Crippen molar-refractivity contribution in [2.75, 3.05) is 13.1 Å². The topological polar surface area (TPSA) is 81.4 Å². The molecule has 0 spiro atoms. The fourth-order valence-electron chi connectivity index (χ4n) is 3.25. The standard InChI is InChI=1S/C18H22N4O3/c1-11-8-17(20-12(2)19-11)24-14-4-3-7-22(10-14)18(23)15-9-16(25-21-15)13-5-6-13/h8-9,13-14H,3-7,10H2,1-2H3/t14-/m1/s1. The van der Waals surface area contributed by atoms with E-state index in [1.807, 2.05) is 19.9 Å². The lowest BCUT2D eigenvalue weighted by Crippen LogP contribution is -2.44. The van der Waals surface area contributed by atoms with Crippen LogP contribution in [0, 0.1) is 13.8 Å². The maximum Gasteiger partial charge on any atom is 0.276 e. The molecule has 3 heterocycles. The molecule has 1 saturated heterocycles. The Hall–Kier alpha value is -2.44. The van der Waals surface area contributed by atoms with Crippen LogP contribution in [0.1, 0.15) is 59.4 Å². The van der Waals surface area contributed by atoms with Gasteiger partial charge in [0, 0.05) is 30.3 Å². The monoisotopic (exact) mass is 342 g/mol. The number of nitrogens with zero attached hydrogens (tertiary/aromatic N) is 4. The maximum atomic E-state index is 12.7. The van der Waals surface area contributed by atoms with Gasteiger partial charge >= 0.3 is 0 Å². The number of ether oxygens (including phenoxy) is 1. The normalized spacial score (nSPS) is 20.6. The number of hydrogen-bond donors (Lipinski definition) is 0. The molecule has 2 aromatic heterocycles. The molecular weight excluding hydrogens is 320 g/mol. The average Bonchev–Trinajstić information content (AvgIpc) is 3.31. The number of amides is 1. The molecule has 2 aliphatic rings. The summed E-state index contributed by atoms with van der Waals surface area (Å²) in [5.74, 6) is 2.46. The van der Waals surface area contributed by atoms with Crippen LogP contribution in [0.4, 0.5) is 0 Å². The SMILES string of the molecule is Cc1cc(O[C@@H]2CCCN(C(=O)c3cc(C4CC4)on3)C2)nc(C)n1. The molecule has 1 atom stereocenters. The highest BCUT2D eigenvalue weighted by Crippen LogP contribution is 2.40. The molecule has 1 aliphatic heterocycles. The zero-order valence-electron chi connectivity index (χ0n) is 14.6. The molecule has 2 fully saturated rings. The molecule has 0 radical (unpaired) electrons. The lowest BCUT2D eigenvalue weighted by atomic mass is 10.1. The Morgan fingerprint density at radius 2 is 2.08 bits per heavy atom. The van der Waals surface area contributed by atoms with Gasteiger partial charge in [-0.2, -0.15) is 4.98 Å². The lowest BCUT2D eigenvalue weighted by molar-refractivity contribution is 0.0518. The van der Waals surface area contributed by atoms with Crippen molar-refractivity contribution >= 4 is 5.91 Å². The second kappa shape index (κ2) is 6.46. The summed E-state index contributed by atoms with van der Waals surface area (Å²) in [6.07, 6.45) is 3.98. The Labute approximate surface area is 146 Å². The van der Waals surface area contributed by atoms with Gasteiger partial charge in [0.05, 0.1) is 6.54 Å². The first-order chi connectivity index (χ1) is 12.1. The van der Waals surface area contributed by atoms with Crippen LogP contribution in [0.5, 0.6) is 5.88 Å². The minimum absolute atomic E-state index is 0.0683. The zero-order chi connectivity index (χ0) is 17.4. The molecule has 7 heteroatoms. The van der Waals surface area contributed by atoms with E-state index in [1.54, 1.807) is 11.0 Å². The van der Waals surface area contributed by atoms with Gasteiger partial charge in [-0.3, -0.25) is 4.79 Å². The van der Waals surface area contributed by atoms with Gasteiger partial charge in [0.15, 0.2) is 5.69 Å². The van der Waals surface area contributed by atoms with Crippen molar-refractivity contribution in [2.24, 2.45) is 0 Å². The molecule has 4 rings (SSSR count). The molecule has 25 heavy (non-hydrogen) atoms. The fourth-order valence-corrected chi connectivity index (χ4v) is 3.25. The van der Waals surface area contributed by atoms with Gasteiger partial charge in [0.25, 0.3) is 5.91 Å². The summed E-state index contributed by atoms with van der Waals surface area (Å²) >= 11 is 0. The van der Waals surface area contributed by atoms with E-state index in [0.29, 0.717) is 36.4 Å². The first-order valence-corrected chi connectivity index (χ1v) is 8.83. The molecule has 0 unspecified atom stereocenters. The van der Waals surface area contributed by atoms with E-state index >= 15 is 0 Å². The number of carbonyl (C=O) groups is 1. The summed E-state index contributed by atoms with van der Waals surface area (Å²) in [6.45, 7) is 5.01. The smallest absolute Gasteiger partial charge is 0.276 e. The summed E-state index contributed by atoms with van der Waals surface area (Å²) in [4.78, 5) is 23.1. The van der Waals surface area contributed by atoms with Gasteiger partial charge < -0.3 is 14.2 Å². The van der Waals surface area contributed by atoms with Gasteiger partial charge in [-0.15, -0.1) is 0 Å². The zero-order valence-corrected chi connectivity index (χ0v) is 14.6. The number of likely N-dealkylation sites (tertiary alicyclic amines) is 1. The van der Waals surface area contributed by atoms with Gasteiger partial charge in [0.1, 0.15) is 17.7 Å². The fraction of sp³-hybridized carbons (Fsp3) is 0.556. The van der Waals surface area contributed by atoms with Crippen molar-refractivity contribution in [1.82, 2.24) is 20.0 Å². The number of hydrogen-bond acceptors (Lipinski definition) is 6. The Bertz CT molecular complexity index is 764. The first-order valence-electron chi connectivity index (χ1n) is 8.83. The van der Waals surface area contributed by atoms with Crippen molar-refractivity contribution in [3.63, 3.8) is 0 Å². The van der Waals surface area contributed by atoms with Crippen LogP contribution in [0.2, 0.25) is 0 Å². The maximum absolute atomic E-state index is 12.7. The van der Waals surface area contributed by atoms with Gasteiger partial charge in [-0.1, -0.05) is 5.16 Å². The summed E-state index contributed by atoms with van der Waals surface area (Å²) < 4.78 is 11.3. The number of piperidine rings is 1. The second-order valence-corrected chi connectivity index (χ2v) is 6.92. The molecule has 132 valence electrons. The van der Waals surface area contributed by atoms with Crippen molar-refractivity contribution < 1.29 is 14.1 Å². The van der Waals surface area contributed by atoms with Crippen LogP contribution in [0.25, 0.3) is 0 Å². The Morgan fingerprint density at radius 3 is 2.84 bits per heavy atom. The number of carbonyl (C=O) groups excluding carboxylic acids is 1. The van der Waals surface area contributed by atoms with Crippen molar-refractivity contribution in [3.8, 4) is 5.88 Å². The van der Waals surface area contributed by atoms with E-state index in [9.17, 15) is 4.79 Å². The molecular formula is C18H22N4O3. The third-order valence-electron chi connectivity index (χ3n) is 4.62. The van der Waals surface area contributed by atoms with Crippen molar-refractivity contribution in [1.29, 1.82) is 0 Å². The van der Waals surface area contributed by atoms with E-state index in [1.165, 1.54) is 0 Å². The molecule has 0 bridgehead atoms. The molecule has 2 aromatic rings. The highest BCUT2D eigenvalue weighted by molar-refractivity contribution is 5.92. The van der Waals surface area contributed by atoms with Crippen LogP contribution in [-0.4, -0.2) is 45.1 Å². The minimum Gasteiger partial charge on any atom is -0.472 e. The van der Waals surface area contributed by atoms with Crippen LogP contribution >= 0.6 is 0 Å². The van der Waals surface area contributed by atoms with Gasteiger partial charge in [0.2, 0.25) is 5.88 Å². The van der Waals surface area contributed by atoms with Gasteiger partial charge in [-0.05, 0) is 39.5 Å². The average molecular weight is 342 g/mol. The highest BCUT2D eigenvalue weighted by Gasteiger charge is 2.31. The van der Waals surface area contributed by atoms with Crippen molar-refractivity contribution in [3.05, 3.63) is 35.1 Å². The Kier molecular flexibility index (Phi) is 4.15. The molecule has 0 N–H and O–H groups in total. The van der Waals surface area contributed by atoms with E-state index in [2.05, 4.69) is 15.1 Å². The quantitative estimate of drug-likeness (QED) is 0.849. The molecule has 1 aliphatic carbocycles. The van der Waals surface area contributed by atoms with Crippen LogP contribution < -0.4 is 4.74 Å². The number of aromatic nitrogens is 3. The summed E-state index contributed by atoms with van der Waals surface area (Å²) in [5.41, 5.74) is 1.28. The minimum atomic E-state index is -0.0843. The van der Waals surface area contributed by atoms with E-state index in [0.717, 1.165) is 37.1 Å². The second-order valence-electron chi connectivity index (χ2n) is 6.92. The van der Waals surface area contributed by atoms with E-state index < -0.39 is 0 Å². The van der Waals surface area contributed by atoms with E-state index in [4.69, 9.17) is 9.26 Å². The third kappa shape index (κ3) is 3.65. The van der Waals surface area contributed by atoms with Crippen LogP contribution in [0.3, 0.4) is 0 Å². The first kappa shape index (κ1) is 16.1. The van der Waals surface area contributed by atoms with Crippen LogP contribution in [0.15, 0.2) is 16.7 Å². The van der Waals surface area contributed by atoms with Crippen molar-refractivity contribution in [2.45, 2.75) is 51.6 Å². The lowest BCUT2D eigenvalue weighted by Gasteiger charge is -2.32. The number of rotatable bonds is 4. The Morgan fingerprint density at radius 1 is 1.24 bits per heavy atom. The molecule has 1 amide bonds. The third-order valence-corrected chi connectivity index (χ3v) is 4.62. The molecule has 7 nitrogen and oxygen atoms in total. The van der Waals surface area contributed by atoms with Crippen LogP contribution in [-0.2, 0) is 0 Å². The summed E-state index contributed by atoms with van der Waals surface area (Å²) in [5, 5.41) is 3.96. The van der Waals surface area contributed by atoms with Gasteiger partial charge in [-0.25, -0.2) is 4.98 Å². The molecule has 0 aromatic carbocycles. The summed E-state index contributed by atoms with van der Waals surface area (Å²) in [6, 6.07) is 3.62. The predicted molar refractivity (Wildman–Crippen MR) is 89.5 cm³/mol. The largest absolute Gasteiger partial charge is 0.472 e. The molecule has 1 saturated carbocycles. The predicted octanol–water partition coefficient (Wildman–Crippen LogP) is 2.64. The van der Waals surface area contributed by atoms with E-state index in [-0.39, 0.29) is 12.0 Å². The summed E-state index contributed by atoms with van der Waals surface area (Å²) in [7, 11) is 0. The Balaban J connectivity index is 1.41. The highest BCUT2D eigenvalue weighted by atomic mass is 16.5.